The Hall–Kier alpha value is -2.58. The van der Waals surface area contributed by atoms with E-state index in [9.17, 15) is 28.8 Å². The van der Waals surface area contributed by atoms with Crippen LogP contribution in [0.1, 0.15) is 85.5 Å². The Bertz CT molecular complexity index is 852. The summed E-state index contributed by atoms with van der Waals surface area (Å²) in [5.74, 6) is -7.02. The molecule has 3 aliphatic heterocycles. The second-order valence-electron chi connectivity index (χ2n) is 10.1. The van der Waals surface area contributed by atoms with Crippen LogP contribution in [0.25, 0.3) is 0 Å². The monoisotopic (exact) mass is 477 g/mol. The van der Waals surface area contributed by atoms with Gasteiger partial charge < -0.3 is 9.47 Å². The highest BCUT2D eigenvalue weighted by molar-refractivity contribution is 6.21. The zero-order chi connectivity index (χ0) is 25.2. The molecule has 3 saturated heterocycles. The van der Waals surface area contributed by atoms with Gasteiger partial charge in [0.15, 0.2) is 11.7 Å². The second kappa shape index (κ2) is 10.4. The average Bonchev–Trinajstić information content (AvgIpc) is 2.74. The van der Waals surface area contributed by atoms with Gasteiger partial charge in [-0.1, -0.05) is 0 Å². The van der Waals surface area contributed by atoms with Gasteiger partial charge in [-0.05, 0) is 83.5 Å². The SMILES string of the molecule is CC(=O)C1C(=O)OC2CCC(CC2)CC2CCC(CC2)OC(=O)C1(C(C)=O)N(C(C)=O)C(C)=O. The maximum Gasteiger partial charge on any atom is 0.342 e. The average molecular weight is 478 g/mol. The van der Waals surface area contributed by atoms with E-state index in [0.717, 1.165) is 59.8 Å². The van der Waals surface area contributed by atoms with Crippen molar-refractivity contribution in [1.82, 2.24) is 4.90 Å². The number of carbonyl (C=O) groups excluding carboxylic acids is 6. The Labute approximate surface area is 199 Å². The van der Waals surface area contributed by atoms with Crippen molar-refractivity contribution < 1.29 is 38.2 Å². The smallest absolute Gasteiger partial charge is 0.342 e. The largest absolute Gasteiger partial charge is 0.462 e. The third-order valence-electron chi connectivity index (χ3n) is 7.70. The van der Waals surface area contributed by atoms with Crippen LogP contribution in [0.2, 0.25) is 0 Å². The first-order valence-corrected chi connectivity index (χ1v) is 12.2. The van der Waals surface area contributed by atoms with Crippen molar-refractivity contribution in [2.45, 2.75) is 103 Å². The van der Waals surface area contributed by atoms with Crippen LogP contribution in [0.3, 0.4) is 0 Å². The van der Waals surface area contributed by atoms with Crippen LogP contribution >= 0.6 is 0 Å². The minimum atomic E-state index is -2.76. The van der Waals surface area contributed by atoms with E-state index in [1.807, 2.05) is 0 Å². The van der Waals surface area contributed by atoms with Gasteiger partial charge in [-0.25, -0.2) is 4.79 Å². The number of rotatable bonds is 3. The highest BCUT2D eigenvalue weighted by Crippen LogP contribution is 2.39. The van der Waals surface area contributed by atoms with E-state index in [4.69, 9.17) is 9.47 Å². The number of ether oxygens (including phenoxy) is 2. The molecule has 0 aromatic heterocycles. The van der Waals surface area contributed by atoms with Gasteiger partial charge in [0.05, 0.1) is 0 Å². The zero-order valence-electron chi connectivity index (χ0n) is 20.5. The fraction of sp³-hybridized carbons (Fsp3) is 0.760. The summed E-state index contributed by atoms with van der Waals surface area (Å²) in [6.07, 6.45) is 5.99. The predicted octanol–water partition coefficient (Wildman–Crippen LogP) is 2.52. The van der Waals surface area contributed by atoms with Crippen molar-refractivity contribution in [2.24, 2.45) is 17.8 Å². The quantitative estimate of drug-likeness (QED) is 0.449. The van der Waals surface area contributed by atoms with E-state index in [-0.39, 0.29) is 0 Å². The molecule has 2 atom stereocenters. The lowest BCUT2D eigenvalue weighted by Gasteiger charge is -2.42. The molecule has 0 radical (unpaired) electrons. The van der Waals surface area contributed by atoms with E-state index in [0.29, 0.717) is 42.4 Å². The van der Waals surface area contributed by atoms with Gasteiger partial charge in [0.25, 0.3) is 0 Å². The Morgan fingerprint density at radius 1 is 0.735 bits per heavy atom. The van der Waals surface area contributed by atoms with Crippen LogP contribution in [0, 0.1) is 17.8 Å². The Morgan fingerprint density at radius 2 is 1.18 bits per heavy atom. The molecular weight excluding hydrogens is 442 g/mol. The molecule has 188 valence electrons. The number of hydrogen-bond donors (Lipinski definition) is 0. The number of ketones is 2. The fourth-order valence-electron chi connectivity index (χ4n) is 6.11. The van der Waals surface area contributed by atoms with Crippen LogP contribution < -0.4 is 0 Å². The molecular formula is C25H35NO8. The molecule has 5 aliphatic rings. The summed E-state index contributed by atoms with van der Waals surface area (Å²) in [6.45, 7) is 4.04. The molecule has 3 heterocycles. The third kappa shape index (κ3) is 4.93. The lowest BCUT2D eigenvalue weighted by molar-refractivity contribution is -0.188. The van der Waals surface area contributed by atoms with Gasteiger partial charge in [-0.3, -0.25) is 28.9 Å². The summed E-state index contributed by atoms with van der Waals surface area (Å²) in [5, 5.41) is 0. The molecule has 5 rings (SSSR count). The summed E-state index contributed by atoms with van der Waals surface area (Å²) in [7, 11) is 0. The molecule has 0 aromatic rings. The summed E-state index contributed by atoms with van der Waals surface area (Å²) in [4.78, 5) is 78.8. The summed E-state index contributed by atoms with van der Waals surface area (Å²) < 4.78 is 11.4. The number of Topliss-reactive ketones (excluding diaryl/α,β-unsaturated/α-hetero) is 2. The van der Waals surface area contributed by atoms with Gasteiger partial charge >= 0.3 is 11.9 Å². The van der Waals surface area contributed by atoms with Crippen LogP contribution in [0.15, 0.2) is 0 Å². The number of fused-ring (bicyclic) bond motifs is 2. The van der Waals surface area contributed by atoms with Crippen molar-refractivity contribution in [2.75, 3.05) is 0 Å². The first kappa shape index (κ1) is 26.0. The number of amides is 2. The van der Waals surface area contributed by atoms with Crippen LogP contribution in [-0.4, -0.2) is 58.0 Å². The predicted molar refractivity (Wildman–Crippen MR) is 119 cm³/mol. The minimum Gasteiger partial charge on any atom is -0.462 e. The zero-order valence-corrected chi connectivity index (χ0v) is 20.5. The molecule has 4 bridgehead atoms. The van der Waals surface area contributed by atoms with Gasteiger partial charge in [0.1, 0.15) is 18.0 Å². The minimum absolute atomic E-state index is 0.408. The third-order valence-corrected chi connectivity index (χ3v) is 7.70. The van der Waals surface area contributed by atoms with Crippen molar-refractivity contribution in [1.29, 1.82) is 0 Å². The Balaban J connectivity index is 2.16. The number of hydrogen-bond acceptors (Lipinski definition) is 8. The number of esters is 2. The molecule has 9 heteroatoms. The van der Waals surface area contributed by atoms with Gasteiger partial charge in [0, 0.05) is 13.8 Å². The van der Waals surface area contributed by atoms with Crippen molar-refractivity contribution >= 4 is 35.3 Å². The summed E-state index contributed by atoms with van der Waals surface area (Å²) in [5.41, 5.74) is -2.76. The lowest BCUT2D eigenvalue weighted by Crippen LogP contribution is -2.70. The molecule has 2 saturated carbocycles. The topological polar surface area (TPSA) is 124 Å². The van der Waals surface area contributed by atoms with E-state index >= 15 is 0 Å². The van der Waals surface area contributed by atoms with Crippen molar-refractivity contribution in [3.8, 4) is 0 Å². The molecule has 2 amide bonds. The maximum atomic E-state index is 13.7. The molecule has 0 spiro atoms. The van der Waals surface area contributed by atoms with Crippen molar-refractivity contribution in [3.63, 3.8) is 0 Å². The van der Waals surface area contributed by atoms with Gasteiger partial charge in [-0.15, -0.1) is 0 Å². The number of carbonyl (C=O) groups is 6. The standard InChI is InChI=1S/C25H35NO8/c1-14(27)22-23(31)33-20-9-5-18(6-10-20)13-19-7-11-21(12-8-19)34-24(32)25(22,15(2)28)26(16(3)29)17(4)30/h18-22H,5-13H2,1-4H3. The van der Waals surface area contributed by atoms with Gasteiger partial charge in [-0.2, -0.15) is 0 Å². The maximum absolute atomic E-state index is 13.7. The Kier molecular flexibility index (Phi) is 7.93. The highest BCUT2D eigenvalue weighted by Gasteiger charge is 2.64. The van der Waals surface area contributed by atoms with Crippen LogP contribution in [-0.2, 0) is 38.2 Å². The molecule has 2 unspecified atom stereocenters. The summed E-state index contributed by atoms with van der Waals surface area (Å²) in [6, 6.07) is 0. The Morgan fingerprint density at radius 3 is 1.56 bits per heavy atom. The second-order valence-corrected chi connectivity index (χ2v) is 10.1. The van der Waals surface area contributed by atoms with Crippen LogP contribution in [0.5, 0.6) is 0 Å². The number of imide groups is 1. The fourth-order valence-corrected chi connectivity index (χ4v) is 6.11. The highest BCUT2D eigenvalue weighted by atomic mass is 16.6. The van der Waals surface area contributed by atoms with Gasteiger partial charge in [0.2, 0.25) is 17.4 Å². The molecule has 0 N–H and O–H groups in total. The first-order valence-electron chi connectivity index (χ1n) is 12.2. The van der Waals surface area contributed by atoms with E-state index in [1.54, 1.807) is 0 Å². The normalized spacial score (nSPS) is 34.3. The van der Waals surface area contributed by atoms with Crippen LogP contribution in [0.4, 0.5) is 0 Å². The molecule has 0 aromatic carbocycles. The first-order chi connectivity index (χ1) is 16.0. The van der Waals surface area contributed by atoms with E-state index in [2.05, 4.69) is 0 Å². The molecule has 5 fully saturated rings. The van der Waals surface area contributed by atoms with Crippen molar-refractivity contribution in [3.05, 3.63) is 0 Å². The molecule has 2 aliphatic carbocycles. The molecule has 9 nitrogen and oxygen atoms in total. The van der Waals surface area contributed by atoms with E-state index in [1.165, 1.54) is 0 Å². The lowest BCUT2D eigenvalue weighted by atomic mass is 9.76. The van der Waals surface area contributed by atoms with E-state index < -0.39 is 59.0 Å². The summed E-state index contributed by atoms with van der Waals surface area (Å²) >= 11 is 0. The molecule has 34 heavy (non-hydrogen) atoms. The number of nitrogens with zero attached hydrogens (tertiary/aromatic N) is 1.